The van der Waals surface area contributed by atoms with Crippen LogP contribution in [0.25, 0.3) is 11.3 Å². The molecule has 2 aromatic rings. The van der Waals surface area contributed by atoms with Crippen molar-refractivity contribution in [1.82, 2.24) is 20.5 Å². The number of carbonyl (C=O) groups excluding carboxylic acids is 1. The van der Waals surface area contributed by atoms with E-state index in [4.69, 9.17) is 9.72 Å². The average molecular weight is 338 g/mol. The van der Waals surface area contributed by atoms with Gasteiger partial charge >= 0.3 is 0 Å². The van der Waals surface area contributed by atoms with E-state index >= 15 is 0 Å². The number of aryl methyl sites for hydroxylation is 2. The molecular formula is C19H22N4O2. The number of aromatic nitrogens is 3. The summed E-state index contributed by atoms with van der Waals surface area (Å²) < 4.78 is 5.59. The normalized spacial score (nSPS) is 21.7. The number of hydrogen-bond donors (Lipinski definition) is 2. The van der Waals surface area contributed by atoms with Crippen molar-refractivity contribution in [3.05, 3.63) is 34.8 Å². The number of amides is 1. The lowest BCUT2D eigenvalue weighted by molar-refractivity contribution is 0.0853. The molecule has 1 amide bonds. The highest BCUT2D eigenvalue weighted by Gasteiger charge is 2.32. The first-order valence-electron chi connectivity index (χ1n) is 9.26. The lowest BCUT2D eigenvalue weighted by atomic mass is 9.88. The maximum absolute atomic E-state index is 12.6. The van der Waals surface area contributed by atoms with E-state index in [1.807, 2.05) is 12.3 Å². The van der Waals surface area contributed by atoms with Crippen LogP contribution in [-0.4, -0.2) is 40.3 Å². The number of aromatic amines is 1. The molecule has 1 saturated heterocycles. The molecule has 1 aliphatic heterocycles. The second-order valence-corrected chi connectivity index (χ2v) is 7.31. The van der Waals surface area contributed by atoms with Gasteiger partial charge in [-0.15, -0.1) is 0 Å². The first-order valence-corrected chi connectivity index (χ1v) is 9.26. The summed E-state index contributed by atoms with van der Waals surface area (Å²) in [4.78, 5) is 17.3. The van der Waals surface area contributed by atoms with E-state index < -0.39 is 0 Å². The molecule has 2 fully saturated rings. The molecule has 0 bridgehead atoms. The summed E-state index contributed by atoms with van der Waals surface area (Å²) in [6, 6.07) is 2.00. The zero-order valence-corrected chi connectivity index (χ0v) is 14.2. The molecule has 1 saturated carbocycles. The number of nitrogens with one attached hydrogen (secondary N) is 2. The van der Waals surface area contributed by atoms with Crippen molar-refractivity contribution in [2.24, 2.45) is 0 Å². The molecule has 1 atom stereocenters. The van der Waals surface area contributed by atoms with E-state index in [1.165, 1.54) is 29.5 Å². The van der Waals surface area contributed by atoms with Crippen LogP contribution in [0.15, 0.2) is 12.3 Å². The lowest BCUT2D eigenvalue weighted by Crippen LogP contribution is -2.32. The summed E-state index contributed by atoms with van der Waals surface area (Å²) in [5.41, 5.74) is 6.38. The second kappa shape index (κ2) is 5.95. The minimum atomic E-state index is -0.0874. The molecule has 2 aromatic heterocycles. The van der Waals surface area contributed by atoms with Crippen LogP contribution < -0.4 is 5.32 Å². The van der Waals surface area contributed by atoms with Gasteiger partial charge in [-0.2, -0.15) is 5.10 Å². The highest BCUT2D eigenvalue weighted by Crippen LogP contribution is 2.47. The second-order valence-electron chi connectivity index (χ2n) is 7.31. The van der Waals surface area contributed by atoms with Crippen LogP contribution in [0.2, 0.25) is 0 Å². The molecule has 0 unspecified atom stereocenters. The molecule has 25 heavy (non-hydrogen) atoms. The first kappa shape index (κ1) is 15.1. The van der Waals surface area contributed by atoms with Gasteiger partial charge in [-0.1, -0.05) is 0 Å². The Morgan fingerprint density at radius 3 is 3.04 bits per heavy atom. The molecule has 5 rings (SSSR count). The highest BCUT2D eigenvalue weighted by molar-refractivity contribution is 5.93. The third-order valence-corrected chi connectivity index (χ3v) is 5.49. The Morgan fingerprint density at radius 2 is 2.24 bits per heavy atom. The number of hydrogen-bond acceptors (Lipinski definition) is 4. The Morgan fingerprint density at radius 1 is 1.32 bits per heavy atom. The number of carbonyl (C=O) groups is 1. The molecule has 6 heteroatoms. The van der Waals surface area contributed by atoms with Gasteiger partial charge in [-0.3, -0.25) is 9.89 Å². The summed E-state index contributed by atoms with van der Waals surface area (Å²) in [6.07, 6.45) is 8.34. The van der Waals surface area contributed by atoms with Gasteiger partial charge in [-0.05, 0) is 61.6 Å². The van der Waals surface area contributed by atoms with Crippen molar-refractivity contribution in [3.8, 4) is 11.3 Å². The Hall–Kier alpha value is -2.21. The van der Waals surface area contributed by atoms with Crippen molar-refractivity contribution in [1.29, 1.82) is 0 Å². The van der Waals surface area contributed by atoms with Crippen LogP contribution in [0.1, 0.15) is 58.9 Å². The van der Waals surface area contributed by atoms with Crippen LogP contribution in [0.3, 0.4) is 0 Å². The third kappa shape index (κ3) is 2.74. The number of nitrogens with zero attached hydrogens (tertiary/aromatic N) is 2. The zero-order valence-electron chi connectivity index (χ0n) is 14.2. The van der Waals surface area contributed by atoms with Crippen LogP contribution in [0, 0.1) is 0 Å². The van der Waals surface area contributed by atoms with E-state index in [0.29, 0.717) is 18.2 Å². The van der Waals surface area contributed by atoms with Crippen molar-refractivity contribution < 1.29 is 9.53 Å². The first-order chi connectivity index (χ1) is 12.3. The fraction of sp³-hybridized carbons (Fsp3) is 0.526. The van der Waals surface area contributed by atoms with Crippen molar-refractivity contribution in [2.75, 3.05) is 13.2 Å². The van der Waals surface area contributed by atoms with Crippen LogP contribution in [0.4, 0.5) is 0 Å². The number of rotatable bonds is 4. The van der Waals surface area contributed by atoms with E-state index in [2.05, 4.69) is 15.5 Å². The standard InChI is InChI=1S/C19H22N4O2/c24-19(20-10-13-2-1-7-25-13)16-8-14(11-3-4-11)17-15(22-16)6-5-12-9-21-23-18(12)17/h8-9,11,13H,1-7,10H2,(H,20,24)(H,21,23)/t13-/m1/s1. The van der Waals surface area contributed by atoms with Gasteiger partial charge in [0.2, 0.25) is 0 Å². The van der Waals surface area contributed by atoms with E-state index in [1.54, 1.807) is 0 Å². The van der Waals surface area contributed by atoms with Gasteiger partial charge in [0.15, 0.2) is 0 Å². The average Bonchev–Trinajstić information content (AvgIpc) is 3.15. The quantitative estimate of drug-likeness (QED) is 0.897. The van der Waals surface area contributed by atoms with Gasteiger partial charge in [0.25, 0.3) is 5.91 Å². The van der Waals surface area contributed by atoms with Gasteiger partial charge in [0, 0.05) is 18.7 Å². The van der Waals surface area contributed by atoms with E-state index in [-0.39, 0.29) is 12.0 Å². The van der Waals surface area contributed by atoms with Gasteiger partial charge < -0.3 is 10.1 Å². The molecule has 130 valence electrons. The zero-order chi connectivity index (χ0) is 16.8. The smallest absolute Gasteiger partial charge is 0.269 e. The maximum Gasteiger partial charge on any atom is 0.269 e. The molecule has 6 nitrogen and oxygen atoms in total. The van der Waals surface area contributed by atoms with Crippen molar-refractivity contribution >= 4 is 5.91 Å². The molecule has 3 heterocycles. The SMILES string of the molecule is O=C(NC[C@H]1CCCO1)c1cc(C2CC2)c2c(n1)CCc1cn[nH]c1-2. The minimum absolute atomic E-state index is 0.0874. The van der Waals surface area contributed by atoms with Gasteiger partial charge in [-0.25, -0.2) is 4.98 Å². The lowest BCUT2D eigenvalue weighted by Gasteiger charge is -2.20. The van der Waals surface area contributed by atoms with E-state index in [0.717, 1.165) is 43.7 Å². The number of H-pyrrole nitrogens is 1. The van der Waals surface area contributed by atoms with Crippen molar-refractivity contribution in [3.63, 3.8) is 0 Å². The molecule has 3 aliphatic rings. The summed E-state index contributed by atoms with van der Waals surface area (Å²) >= 11 is 0. The molecule has 2 aliphatic carbocycles. The Kier molecular flexibility index (Phi) is 3.59. The minimum Gasteiger partial charge on any atom is -0.376 e. The predicted molar refractivity (Wildman–Crippen MR) is 92.5 cm³/mol. The maximum atomic E-state index is 12.6. The molecule has 0 radical (unpaired) electrons. The van der Waals surface area contributed by atoms with Crippen LogP contribution >= 0.6 is 0 Å². The molecule has 0 spiro atoms. The Labute approximate surface area is 146 Å². The summed E-state index contributed by atoms with van der Waals surface area (Å²) in [7, 11) is 0. The Balaban J connectivity index is 1.46. The highest BCUT2D eigenvalue weighted by atomic mass is 16.5. The van der Waals surface area contributed by atoms with Crippen LogP contribution in [0.5, 0.6) is 0 Å². The summed E-state index contributed by atoms with van der Waals surface area (Å²) in [5.74, 6) is 0.464. The number of pyridine rings is 1. The van der Waals surface area contributed by atoms with Gasteiger partial charge in [0.05, 0.1) is 23.7 Å². The van der Waals surface area contributed by atoms with Crippen molar-refractivity contribution in [2.45, 2.75) is 50.5 Å². The summed E-state index contributed by atoms with van der Waals surface area (Å²) in [6.45, 7) is 1.37. The largest absolute Gasteiger partial charge is 0.376 e. The Bertz CT molecular complexity index is 819. The monoisotopic (exact) mass is 338 g/mol. The topological polar surface area (TPSA) is 79.9 Å². The summed E-state index contributed by atoms with van der Waals surface area (Å²) in [5, 5.41) is 10.4. The van der Waals surface area contributed by atoms with Gasteiger partial charge in [0.1, 0.15) is 5.69 Å². The number of fused-ring (bicyclic) bond motifs is 3. The predicted octanol–water partition coefficient (Wildman–Crippen LogP) is 2.36. The molecular weight excluding hydrogens is 316 g/mol. The fourth-order valence-corrected chi connectivity index (χ4v) is 3.99. The molecule has 0 aromatic carbocycles. The number of ether oxygens (including phenoxy) is 1. The van der Waals surface area contributed by atoms with Crippen LogP contribution in [-0.2, 0) is 17.6 Å². The third-order valence-electron chi connectivity index (χ3n) is 5.49. The fourth-order valence-electron chi connectivity index (χ4n) is 3.99. The van der Waals surface area contributed by atoms with E-state index in [9.17, 15) is 4.79 Å². The molecule has 2 N–H and O–H groups in total.